The van der Waals surface area contributed by atoms with Gasteiger partial charge in [-0.05, 0) is 55.3 Å². The van der Waals surface area contributed by atoms with Crippen LogP contribution < -0.4 is 14.8 Å². The average molecular weight is 430 g/mol. The molecule has 0 spiro atoms. The molecular formula is C19H21F3N2O4S. The lowest BCUT2D eigenvalue weighted by atomic mass is 10.1. The first-order valence-corrected chi connectivity index (χ1v) is 10.2. The van der Waals surface area contributed by atoms with E-state index in [1.165, 1.54) is 0 Å². The predicted octanol–water partition coefficient (Wildman–Crippen LogP) is 3.84. The van der Waals surface area contributed by atoms with Crippen LogP contribution in [0, 0.1) is 0 Å². The first-order valence-electron chi connectivity index (χ1n) is 8.75. The van der Waals surface area contributed by atoms with Crippen LogP contribution in [0.1, 0.15) is 25.8 Å². The molecule has 0 fully saturated rings. The number of rotatable bonds is 8. The second kappa shape index (κ2) is 9.17. The fourth-order valence-electron chi connectivity index (χ4n) is 2.52. The zero-order chi connectivity index (χ0) is 21.7. The lowest BCUT2D eigenvalue weighted by Crippen LogP contribution is -2.33. The van der Waals surface area contributed by atoms with E-state index in [0.29, 0.717) is 18.5 Å². The Balaban J connectivity index is 2.02. The molecule has 1 amide bonds. The van der Waals surface area contributed by atoms with Crippen LogP contribution in [0.5, 0.6) is 5.75 Å². The van der Waals surface area contributed by atoms with Crippen molar-refractivity contribution in [2.45, 2.75) is 44.0 Å². The Labute approximate surface area is 167 Å². The van der Waals surface area contributed by atoms with Gasteiger partial charge in [-0.1, -0.05) is 19.1 Å². The number of ether oxygens (including phenoxy) is 1. The molecule has 0 aliphatic rings. The fourth-order valence-corrected chi connectivity index (χ4v) is 3.58. The summed E-state index contributed by atoms with van der Waals surface area (Å²) in [6.45, 7) is 3.64. The van der Waals surface area contributed by atoms with E-state index in [9.17, 15) is 26.4 Å². The molecule has 0 bridgehead atoms. The van der Waals surface area contributed by atoms with Crippen molar-refractivity contribution in [2.24, 2.45) is 0 Å². The molecule has 0 saturated carbocycles. The number of anilines is 1. The molecule has 0 saturated heterocycles. The zero-order valence-electron chi connectivity index (χ0n) is 15.8. The molecule has 2 aromatic rings. The molecule has 29 heavy (non-hydrogen) atoms. The molecule has 0 aliphatic carbocycles. The highest BCUT2D eigenvalue weighted by Gasteiger charge is 2.31. The van der Waals surface area contributed by atoms with Crippen molar-refractivity contribution in [3.8, 4) is 5.75 Å². The average Bonchev–Trinajstić information content (AvgIpc) is 2.62. The maximum Gasteiger partial charge on any atom is 0.573 e. The topological polar surface area (TPSA) is 84.5 Å². The van der Waals surface area contributed by atoms with E-state index in [1.54, 1.807) is 31.2 Å². The van der Waals surface area contributed by atoms with Gasteiger partial charge in [0.2, 0.25) is 5.91 Å². The normalized spacial score (nSPS) is 12.9. The number of halogens is 3. The Morgan fingerprint density at radius 2 is 1.66 bits per heavy atom. The van der Waals surface area contributed by atoms with E-state index in [4.69, 9.17) is 0 Å². The number of nitrogens with one attached hydrogen (secondary N) is 2. The molecule has 2 rings (SSSR count). The van der Waals surface area contributed by atoms with E-state index < -0.39 is 22.1 Å². The fraction of sp³-hybridized carbons (Fsp3) is 0.316. The standard InChI is InChI=1S/C19H21F3N2O4S/c1-3-18(25)23-13(2)12-14-4-6-15(7-5-14)24-29(26,27)17-10-8-16(9-11-17)28-19(20,21)22/h4-11,13,24H,3,12H2,1-2H3,(H,23,25)/t13-/m0/s1. The Morgan fingerprint density at radius 3 is 2.17 bits per heavy atom. The lowest BCUT2D eigenvalue weighted by molar-refractivity contribution is -0.274. The van der Waals surface area contributed by atoms with Crippen LogP contribution in [-0.2, 0) is 21.2 Å². The third-order valence-electron chi connectivity index (χ3n) is 3.84. The molecule has 158 valence electrons. The number of hydrogen-bond acceptors (Lipinski definition) is 4. The van der Waals surface area contributed by atoms with Crippen LogP contribution in [0.3, 0.4) is 0 Å². The largest absolute Gasteiger partial charge is 0.573 e. The van der Waals surface area contributed by atoms with Crippen molar-refractivity contribution in [3.05, 3.63) is 54.1 Å². The van der Waals surface area contributed by atoms with Gasteiger partial charge in [0.05, 0.1) is 4.90 Å². The second-order valence-electron chi connectivity index (χ2n) is 6.35. The van der Waals surface area contributed by atoms with Crippen molar-refractivity contribution >= 4 is 21.6 Å². The lowest BCUT2D eigenvalue weighted by Gasteiger charge is -2.14. The van der Waals surface area contributed by atoms with Gasteiger partial charge in [0, 0.05) is 18.2 Å². The highest BCUT2D eigenvalue weighted by atomic mass is 32.2. The number of alkyl halides is 3. The number of amides is 1. The van der Waals surface area contributed by atoms with Crippen LogP contribution in [0.4, 0.5) is 18.9 Å². The SMILES string of the molecule is CCC(=O)N[C@@H](C)Cc1ccc(NS(=O)(=O)c2ccc(OC(F)(F)F)cc2)cc1. The van der Waals surface area contributed by atoms with Crippen molar-refractivity contribution in [3.63, 3.8) is 0 Å². The van der Waals surface area contributed by atoms with Gasteiger partial charge in [0.25, 0.3) is 10.0 Å². The minimum Gasteiger partial charge on any atom is -0.406 e. The molecule has 0 heterocycles. The molecule has 6 nitrogen and oxygen atoms in total. The molecule has 0 aliphatic heterocycles. The van der Waals surface area contributed by atoms with Crippen molar-refractivity contribution < 1.29 is 31.1 Å². The van der Waals surface area contributed by atoms with Crippen LogP contribution in [0.2, 0.25) is 0 Å². The Kier molecular flexibility index (Phi) is 7.12. The third kappa shape index (κ3) is 7.30. The zero-order valence-corrected chi connectivity index (χ0v) is 16.6. The highest BCUT2D eigenvalue weighted by molar-refractivity contribution is 7.92. The van der Waals surface area contributed by atoms with Gasteiger partial charge in [-0.3, -0.25) is 9.52 Å². The van der Waals surface area contributed by atoms with Crippen LogP contribution in [-0.4, -0.2) is 26.7 Å². The summed E-state index contributed by atoms with van der Waals surface area (Å²) < 4.78 is 67.4. The van der Waals surface area contributed by atoms with E-state index in [-0.39, 0.29) is 16.8 Å². The molecule has 2 aromatic carbocycles. The van der Waals surface area contributed by atoms with Crippen molar-refractivity contribution in [1.82, 2.24) is 5.32 Å². The Bertz CT molecular complexity index is 927. The summed E-state index contributed by atoms with van der Waals surface area (Å²) in [6, 6.07) is 10.4. The Hall–Kier alpha value is -2.75. The van der Waals surface area contributed by atoms with Gasteiger partial charge in [0.1, 0.15) is 5.75 Å². The summed E-state index contributed by atoms with van der Waals surface area (Å²) in [5.74, 6) is -0.557. The van der Waals surface area contributed by atoms with Crippen LogP contribution in [0.15, 0.2) is 53.4 Å². The molecular weight excluding hydrogens is 409 g/mol. The van der Waals surface area contributed by atoms with Gasteiger partial charge in [-0.2, -0.15) is 0 Å². The van der Waals surface area contributed by atoms with E-state index in [2.05, 4.69) is 14.8 Å². The molecule has 2 N–H and O–H groups in total. The summed E-state index contributed by atoms with van der Waals surface area (Å²) in [5.41, 5.74) is 1.21. The van der Waals surface area contributed by atoms with Gasteiger partial charge in [-0.25, -0.2) is 8.42 Å². The summed E-state index contributed by atoms with van der Waals surface area (Å²) >= 11 is 0. The second-order valence-corrected chi connectivity index (χ2v) is 8.03. The van der Waals surface area contributed by atoms with E-state index in [1.807, 2.05) is 6.92 Å². The van der Waals surface area contributed by atoms with Crippen molar-refractivity contribution in [2.75, 3.05) is 4.72 Å². The summed E-state index contributed by atoms with van der Waals surface area (Å²) in [5, 5.41) is 2.84. The maximum absolute atomic E-state index is 12.4. The van der Waals surface area contributed by atoms with Gasteiger partial charge in [-0.15, -0.1) is 13.2 Å². The highest BCUT2D eigenvalue weighted by Crippen LogP contribution is 2.25. The van der Waals surface area contributed by atoms with Crippen LogP contribution in [0.25, 0.3) is 0 Å². The first kappa shape index (κ1) is 22.5. The molecule has 0 radical (unpaired) electrons. The molecule has 1 atom stereocenters. The minimum absolute atomic E-state index is 0.0477. The Morgan fingerprint density at radius 1 is 1.07 bits per heavy atom. The van der Waals surface area contributed by atoms with Gasteiger partial charge in [0.15, 0.2) is 0 Å². The molecule has 10 heteroatoms. The quantitative estimate of drug-likeness (QED) is 0.667. The predicted molar refractivity (Wildman–Crippen MR) is 102 cm³/mol. The monoisotopic (exact) mass is 430 g/mol. The minimum atomic E-state index is -4.85. The molecule has 0 aromatic heterocycles. The van der Waals surface area contributed by atoms with E-state index in [0.717, 1.165) is 29.8 Å². The van der Waals surface area contributed by atoms with Crippen LogP contribution >= 0.6 is 0 Å². The third-order valence-corrected chi connectivity index (χ3v) is 5.24. The van der Waals surface area contributed by atoms with E-state index >= 15 is 0 Å². The summed E-state index contributed by atoms with van der Waals surface area (Å²) in [7, 11) is -3.97. The maximum atomic E-state index is 12.4. The number of sulfonamides is 1. The van der Waals surface area contributed by atoms with Crippen molar-refractivity contribution in [1.29, 1.82) is 0 Å². The number of hydrogen-bond donors (Lipinski definition) is 2. The number of carbonyl (C=O) groups excluding carboxylic acids is 1. The number of carbonyl (C=O) groups is 1. The van der Waals surface area contributed by atoms with Gasteiger partial charge >= 0.3 is 6.36 Å². The molecule has 0 unspecified atom stereocenters. The summed E-state index contributed by atoms with van der Waals surface area (Å²) in [4.78, 5) is 11.2. The van der Waals surface area contributed by atoms with Gasteiger partial charge < -0.3 is 10.1 Å². The number of benzene rings is 2. The smallest absolute Gasteiger partial charge is 0.406 e. The summed E-state index contributed by atoms with van der Waals surface area (Å²) in [6.07, 6.45) is -3.87. The first-order chi connectivity index (χ1) is 13.5.